The molecule has 0 fully saturated rings. The summed E-state index contributed by atoms with van der Waals surface area (Å²) in [5.74, 6) is 0. The molecule has 7 heavy (non-hydrogen) atoms. The third kappa shape index (κ3) is 84.1. The molecule has 4 nitrogen and oxygen atoms in total. The molecule has 0 aromatic carbocycles. The van der Waals surface area contributed by atoms with Gasteiger partial charge >= 0.3 is 0 Å². The van der Waals surface area contributed by atoms with Gasteiger partial charge in [0.25, 0.3) is 0 Å². The fourth-order valence-corrected chi connectivity index (χ4v) is 0. The standard InChI is InChI=1S/CHNO.CNO.Zn/c2*1-2-3;/h3H;;/q;-1;. The molecule has 0 aliphatic heterocycles. The Hall–Kier alpha value is -0.797. The van der Waals surface area contributed by atoms with Gasteiger partial charge < -0.3 is 5.21 Å². The molecule has 0 aromatic rings. The van der Waals surface area contributed by atoms with Gasteiger partial charge in [0.15, 0.2) is 0 Å². The summed E-state index contributed by atoms with van der Waals surface area (Å²) < 4.78 is 0. The molecular weight excluding hydrogens is 149 g/mol. The fraction of sp³-hybridized carbons (Fsp3) is 0. The largest absolute Gasteiger partial charge is 0.539 e. The summed E-state index contributed by atoms with van der Waals surface area (Å²) in [7, 11) is 0. The Morgan fingerprint density at radius 2 is 1.43 bits per heavy atom. The van der Waals surface area contributed by atoms with Crippen molar-refractivity contribution in [3.05, 3.63) is 28.4 Å². The van der Waals surface area contributed by atoms with Crippen LogP contribution < -0.4 is 0 Å². The van der Waals surface area contributed by atoms with E-state index in [0.717, 1.165) is 0 Å². The first-order valence-corrected chi connectivity index (χ1v) is 0.830. The maximum absolute atomic E-state index is 8.22. The summed E-state index contributed by atoms with van der Waals surface area (Å²) in [6.45, 7) is 10.7. The van der Waals surface area contributed by atoms with E-state index in [0.29, 0.717) is 0 Å². The smallest absolute Gasteiger partial charge is 0 e. The second kappa shape index (κ2) is 63.5. The molecule has 0 bridgehead atoms. The van der Waals surface area contributed by atoms with Crippen molar-refractivity contribution in [1.29, 1.82) is 0 Å². The summed E-state index contributed by atoms with van der Waals surface area (Å²) >= 11 is 0. The first-order chi connectivity index (χ1) is 2.83. The predicted octanol–water partition coefficient (Wildman–Crippen LogP) is 0.696. The third-order valence-corrected chi connectivity index (χ3v) is 0. The monoisotopic (exact) mass is 149 g/mol. The second-order valence-corrected chi connectivity index (χ2v) is 0.191. The zero-order chi connectivity index (χ0) is 5.41. The molecule has 0 saturated carbocycles. The molecule has 0 aliphatic rings. The molecule has 5 heteroatoms. The van der Waals surface area contributed by atoms with E-state index < -0.39 is 0 Å². The number of hydrogen-bond acceptors (Lipinski definition) is 2. The first kappa shape index (κ1) is 16.4. The SMILES string of the molecule is [C-]#[N+]O.[C-]#[N+][O-].[Zn]. The molecule has 0 saturated heterocycles. The van der Waals surface area contributed by atoms with Crippen LogP contribution in [0.15, 0.2) is 0 Å². The van der Waals surface area contributed by atoms with E-state index in [4.69, 9.17) is 23.6 Å². The summed E-state index contributed by atoms with van der Waals surface area (Å²) in [4.78, 5) is 0. The molecule has 0 radical (unpaired) electrons. The number of rotatable bonds is 0. The molecule has 0 atom stereocenters. The maximum Gasteiger partial charge on any atom is 0 e. The Labute approximate surface area is 53.7 Å². The van der Waals surface area contributed by atoms with Crippen LogP contribution in [0.25, 0.3) is 10.0 Å². The van der Waals surface area contributed by atoms with Crippen molar-refractivity contribution in [3.63, 3.8) is 0 Å². The van der Waals surface area contributed by atoms with Crippen molar-refractivity contribution in [2.75, 3.05) is 0 Å². The Kier molecular flexibility index (Phi) is 148. The third-order valence-electron chi connectivity index (χ3n) is 0. The van der Waals surface area contributed by atoms with Crippen LogP contribution in [0.2, 0.25) is 0 Å². The summed E-state index contributed by atoms with van der Waals surface area (Å²) in [6.07, 6.45) is 0. The average Bonchev–Trinajstić information content (AvgIpc) is 1.39. The quantitative estimate of drug-likeness (QED) is 0.314. The van der Waals surface area contributed by atoms with Gasteiger partial charge in [0.2, 0.25) is 0 Å². The minimum absolute atomic E-state index is 0. The van der Waals surface area contributed by atoms with Gasteiger partial charge in [-0.2, -0.15) is 6.57 Å². The molecule has 0 amide bonds. The van der Waals surface area contributed by atoms with Gasteiger partial charge in [-0.05, 0) is 5.01 Å². The van der Waals surface area contributed by atoms with Crippen LogP contribution in [0, 0.1) is 18.4 Å². The van der Waals surface area contributed by atoms with Crippen LogP contribution in [-0.2, 0) is 19.5 Å². The van der Waals surface area contributed by atoms with Crippen molar-refractivity contribution in [3.8, 4) is 0 Å². The Morgan fingerprint density at radius 1 is 1.43 bits per heavy atom. The molecule has 0 rings (SSSR count). The van der Waals surface area contributed by atoms with Crippen molar-refractivity contribution in [1.82, 2.24) is 0 Å². The number of nitrogens with zero attached hydrogens (tertiary/aromatic N) is 2. The van der Waals surface area contributed by atoms with Crippen LogP contribution in [0.5, 0.6) is 0 Å². The Bertz CT molecular complexity index is 68.7. The topological polar surface area (TPSA) is 52.0 Å². The van der Waals surface area contributed by atoms with Crippen molar-refractivity contribution in [2.24, 2.45) is 0 Å². The van der Waals surface area contributed by atoms with Gasteiger partial charge in [-0.1, -0.05) is 0 Å². The van der Waals surface area contributed by atoms with Crippen LogP contribution >= 0.6 is 0 Å². The van der Waals surface area contributed by atoms with E-state index in [9.17, 15) is 0 Å². The zero-order valence-electron chi connectivity index (χ0n) is 3.46. The molecule has 0 aliphatic carbocycles. The first-order valence-electron chi connectivity index (χ1n) is 0.830. The Balaban J connectivity index is -0.0000000400. The van der Waals surface area contributed by atoms with Crippen LogP contribution in [-0.4, -0.2) is 5.21 Å². The minimum Gasteiger partial charge on any atom is -0.539 e. The summed E-state index contributed by atoms with van der Waals surface area (Å²) in [5, 5.41) is 18.3. The van der Waals surface area contributed by atoms with Crippen LogP contribution in [0.3, 0.4) is 0 Å². The van der Waals surface area contributed by atoms with Gasteiger partial charge in [-0.25, -0.2) is 11.8 Å². The Morgan fingerprint density at radius 3 is 1.43 bits per heavy atom. The van der Waals surface area contributed by atoms with E-state index in [1.807, 2.05) is 0 Å². The van der Waals surface area contributed by atoms with Crippen LogP contribution in [0.4, 0.5) is 0 Å². The summed E-state index contributed by atoms with van der Waals surface area (Å²) in [6, 6.07) is 0. The molecule has 0 unspecified atom stereocenters. The molecular formula is C2HN2O2Zn-. The van der Waals surface area contributed by atoms with Gasteiger partial charge in [0.1, 0.15) is 0 Å². The van der Waals surface area contributed by atoms with Gasteiger partial charge in [0.05, 0.1) is 0 Å². The molecule has 0 spiro atoms. The molecule has 0 heterocycles. The molecule has 0 aromatic heterocycles. The van der Waals surface area contributed by atoms with Crippen molar-refractivity contribution >= 4 is 0 Å². The second-order valence-electron chi connectivity index (χ2n) is 0.191. The van der Waals surface area contributed by atoms with Crippen LogP contribution in [0.1, 0.15) is 0 Å². The van der Waals surface area contributed by atoms with E-state index in [2.05, 4.69) is 0 Å². The van der Waals surface area contributed by atoms with Gasteiger partial charge in [-0.3, -0.25) is 5.01 Å². The van der Waals surface area contributed by atoms with Gasteiger partial charge in [-0.15, -0.1) is 0 Å². The molecule has 1 N–H and O–H groups in total. The number of hydrogen-bond donors (Lipinski definition) is 1. The van der Waals surface area contributed by atoms with Crippen molar-refractivity contribution < 1.29 is 24.7 Å². The van der Waals surface area contributed by atoms with Crippen molar-refractivity contribution in [2.45, 2.75) is 0 Å². The van der Waals surface area contributed by atoms with Gasteiger partial charge in [0, 0.05) is 19.5 Å². The van der Waals surface area contributed by atoms with E-state index in [-0.39, 0.29) is 19.5 Å². The summed E-state index contributed by atoms with van der Waals surface area (Å²) in [5.41, 5.74) is 0. The fourth-order valence-electron chi connectivity index (χ4n) is 0. The van der Waals surface area contributed by atoms with E-state index in [1.165, 1.54) is 5.01 Å². The minimum atomic E-state index is 0. The predicted molar refractivity (Wildman–Crippen MR) is 18.4 cm³/mol. The van der Waals surface area contributed by atoms with E-state index in [1.54, 1.807) is 5.01 Å². The maximum atomic E-state index is 8.22. The molecule has 34 valence electrons. The normalized spacial score (nSPS) is 2.00. The zero-order valence-corrected chi connectivity index (χ0v) is 6.42. The van der Waals surface area contributed by atoms with E-state index >= 15 is 0 Å². The average molecular weight is 150 g/mol.